The Balaban J connectivity index is 1.53. The summed E-state index contributed by atoms with van der Waals surface area (Å²) in [4.78, 5) is 9.46. The number of anilines is 1. The first kappa shape index (κ1) is 24.5. The molecule has 2 unspecified atom stereocenters. The molecule has 38 heavy (non-hydrogen) atoms. The first-order valence-corrected chi connectivity index (χ1v) is 13.1. The molecule has 2 N–H and O–H groups in total. The number of nitrogens with zero attached hydrogens (tertiary/aromatic N) is 5. The monoisotopic (exact) mass is 514 g/mol. The number of phenols is 1. The Morgan fingerprint density at radius 2 is 2.11 bits per heavy atom. The standard InChI is InChI=1S/C29H31FN6O2/c1-4-22-25(30)8-7-19-12-21(37)13-23(28(19)22)24-15-32-36-27(35-11-9-31-18(2)16-35)14-26(33-29(24)36)38-17-20-6-5-10-34(20)3/h1,7-8,12-15,18,20,31,37H,5-6,9-11,16-17H2,2-3H3. The Labute approximate surface area is 221 Å². The van der Waals surface area contributed by atoms with Gasteiger partial charge in [-0.3, -0.25) is 0 Å². The molecule has 2 fully saturated rings. The van der Waals surface area contributed by atoms with Crippen LogP contribution in [0.15, 0.2) is 36.5 Å². The number of piperazine rings is 1. The summed E-state index contributed by atoms with van der Waals surface area (Å²) in [6.45, 7) is 6.23. The van der Waals surface area contributed by atoms with Crippen LogP contribution in [0.2, 0.25) is 0 Å². The second-order valence-electron chi connectivity index (χ2n) is 10.3. The van der Waals surface area contributed by atoms with Gasteiger partial charge in [0.1, 0.15) is 24.0 Å². The number of hydrogen-bond acceptors (Lipinski definition) is 7. The molecule has 0 saturated carbocycles. The van der Waals surface area contributed by atoms with Gasteiger partial charge in [-0.05, 0) is 62.5 Å². The molecule has 6 rings (SSSR count). The van der Waals surface area contributed by atoms with Crippen LogP contribution in [0.25, 0.3) is 27.5 Å². The van der Waals surface area contributed by atoms with Crippen LogP contribution in [0.1, 0.15) is 25.3 Å². The zero-order chi connectivity index (χ0) is 26.4. The molecule has 0 radical (unpaired) electrons. The van der Waals surface area contributed by atoms with Crippen molar-refractivity contribution in [2.75, 3.05) is 44.7 Å². The molecule has 2 atom stereocenters. The van der Waals surface area contributed by atoms with Gasteiger partial charge in [0.2, 0.25) is 5.88 Å². The normalized spacial score (nSPS) is 20.3. The molecule has 0 aliphatic carbocycles. The number of aromatic nitrogens is 3. The van der Waals surface area contributed by atoms with E-state index in [4.69, 9.17) is 21.2 Å². The summed E-state index contributed by atoms with van der Waals surface area (Å²) < 4.78 is 22.8. The molecule has 2 aromatic heterocycles. The van der Waals surface area contributed by atoms with Gasteiger partial charge in [0, 0.05) is 48.7 Å². The molecule has 4 aromatic rings. The van der Waals surface area contributed by atoms with E-state index < -0.39 is 5.82 Å². The average molecular weight is 515 g/mol. The molecule has 0 amide bonds. The summed E-state index contributed by atoms with van der Waals surface area (Å²) >= 11 is 0. The Hall–Kier alpha value is -3.87. The number of likely N-dealkylation sites (tertiary alicyclic amines) is 1. The Morgan fingerprint density at radius 1 is 1.24 bits per heavy atom. The van der Waals surface area contributed by atoms with Gasteiger partial charge >= 0.3 is 0 Å². The highest BCUT2D eigenvalue weighted by atomic mass is 19.1. The quantitative estimate of drug-likeness (QED) is 0.394. The summed E-state index contributed by atoms with van der Waals surface area (Å²) in [6.07, 6.45) is 9.68. The van der Waals surface area contributed by atoms with Crippen molar-refractivity contribution in [2.24, 2.45) is 0 Å². The van der Waals surface area contributed by atoms with Crippen molar-refractivity contribution in [3.05, 3.63) is 47.9 Å². The maximum Gasteiger partial charge on any atom is 0.219 e. The van der Waals surface area contributed by atoms with Crippen LogP contribution in [0.4, 0.5) is 10.2 Å². The predicted molar refractivity (Wildman–Crippen MR) is 146 cm³/mol. The number of halogens is 1. The van der Waals surface area contributed by atoms with Crippen molar-refractivity contribution in [1.29, 1.82) is 0 Å². The number of nitrogens with one attached hydrogen (secondary N) is 1. The van der Waals surface area contributed by atoms with Gasteiger partial charge in [-0.15, -0.1) is 6.42 Å². The number of aromatic hydroxyl groups is 1. The second-order valence-corrected chi connectivity index (χ2v) is 10.3. The topological polar surface area (TPSA) is 78.2 Å². The first-order valence-electron chi connectivity index (χ1n) is 13.1. The van der Waals surface area contributed by atoms with E-state index in [9.17, 15) is 9.50 Å². The van der Waals surface area contributed by atoms with Gasteiger partial charge in [-0.1, -0.05) is 12.0 Å². The Morgan fingerprint density at radius 3 is 2.87 bits per heavy atom. The molecule has 8 nitrogen and oxygen atoms in total. The number of benzene rings is 2. The van der Waals surface area contributed by atoms with E-state index in [0.717, 1.165) is 44.8 Å². The number of likely N-dealkylation sites (N-methyl/N-ethyl adjacent to an activating group) is 1. The van der Waals surface area contributed by atoms with E-state index in [1.165, 1.54) is 6.07 Å². The molecular weight excluding hydrogens is 483 g/mol. The minimum atomic E-state index is -0.489. The third-order valence-corrected chi connectivity index (χ3v) is 7.70. The van der Waals surface area contributed by atoms with E-state index in [0.29, 0.717) is 52.1 Å². The third-order valence-electron chi connectivity index (χ3n) is 7.70. The van der Waals surface area contributed by atoms with Crippen molar-refractivity contribution in [3.8, 4) is 35.1 Å². The largest absolute Gasteiger partial charge is 0.508 e. The third kappa shape index (κ3) is 4.30. The van der Waals surface area contributed by atoms with E-state index in [-0.39, 0.29) is 11.3 Å². The molecule has 2 saturated heterocycles. The van der Waals surface area contributed by atoms with Crippen molar-refractivity contribution in [1.82, 2.24) is 24.8 Å². The number of fused-ring (bicyclic) bond motifs is 2. The number of rotatable bonds is 5. The number of ether oxygens (including phenoxy) is 1. The molecule has 9 heteroatoms. The average Bonchev–Trinajstić information content (AvgIpc) is 3.52. The molecule has 2 aliphatic rings. The Kier molecular flexibility index (Phi) is 6.30. The smallest absolute Gasteiger partial charge is 0.219 e. The molecule has 2 aliphatic heterocycles. The highest BCUT2D eigenvalue weighted by Crippen LogP contribution is 2.38. The number of phenolic OH excluding ortho intramolecular Hbond substituents is 1. The number of hydrogen-bond donors (Lipinski definition) is 2. The summed E-state index contributed by atoms with van der Waals surface area (Å²) in [5.41, 5.74) is 1.91. The van der Waals surface area contributed by atoms with E-state index in [1.807, 2.05) is 6.07 Å². The fourth-order valence-corrected chi connectivity index (χ4v) is 5.70. The van der Waals surface area contributed by atoms with Crippen molar-refractivity contribution in [3.63, 3.8) is 0 Å². The zero-order valence-corrected chi connectivity index (χ0v) is 21.6. The van der Waals surface area contributed by atoms with E-state index in [2.05, 4.69) is 35.0 Å². The van der Waals surface area contributed by atoms with E-state index >= 15 is 0 Å². The molecule has 4 heterocycles. The highest BCUT2D eigenvalue weighted by molar-refractivity contribution is 6.04. The van der Waals surface area contributed by atoms with Crippen LogP contribution in [-0.2, 0) is 0 Å². The Bertz CT molecular complexity index is 1560. The zero-order valence-electron chi connectivity index (χ0n) is 21.6. The van der Waals surface area contributed by atoms with Gasteiger partial charge in [0.25, 0.3) is 0 Å². The minimum Gasteiger partial charge on any atom is -0.508 e. The minimum absolute atomic E-state index is 0.0502. The lowest BCUT2D eigenvalue weighted by atomic mass is 9.95. The lowest BCUT2D eigenvalue weighted by Crippen LogP contribution is -2.49. The lowest BCUT2D eigenvalue weighted by Gasteiger charge is -2.33. The van der Waals surface area contributed by atoms with Crippen LogP contribution in [0, 0.1) is 18.2 Å². The summed E-state index contributed by atoms with van der Waals surface area (Å²) in [5, 5.41) is 19.9. The molecule has 0 bridgehead atoms. The maximum absolute atomic E-state index is 14.8. The molecule has 196 valence electrons. The summed E-state index contributed by atoms with van der Waals surface area (Å²) in [7, 11) is 2.12. The van der Waals surface area contributed by atoms with Gasteiger partial charge in [-0.25, -0.2) is 4.39 Å². The fraction of sp³-hybridized carbons (Fsp3) is 0.379. The first-order chi connectivity index (χ1) is 18.4. The highest BCUT2D eigenvalue weighted by Gasteiger charge is 2.25. The maximum atomic E-state index is 14.8. The lowest BCUT2D eigenvalue weighted by molar-refractivity contribution is 0.193. The van der Waals surface area contributed by atoms with Gasteiger partial charge in [-0.2, -0.15) is 14.6 Å². The van der Waals surface area contributed by atoms with Crippen molar-refractivity contribution < 1.29 is 14.2 Å². The van der Waals surface area contributed by atoms with Crippen molar-refractivity contribution >= 4 is 22.2 Å². The fourth-order valence-electron chi connectivity index (χ4n) is 5.70. The van der Waals surface area contributed by atoms with Crippen LogP contribution >= 0.6 is 0 Å². The van der Waals surface area contributed by atoms with Crippen LogP contribution < -0.4 is 15.0 Å². The molecule has 2 aromatic carbocycles. The summed E-state index contributed by atoms with van der Waals surface area (Å²) in [6, 6.07) is 8.72. The SMILES string of the molecule is C#Cc1c(F)ccc2cc(O)cc(-c3cnn4c(N5CCNC(C)C5)cc(OCC5CCCN5C)nc34)c12. The molecular formula is C29H31FN6O2. The second kappa shape index (κ2) is 9.78. The van der Waals surface area contributed by atoms with Gasteiger partial charge in [0.05, 0.1) is 11.8 Å². The predicted octanol–water partition coefficient (Wildman–Crippen LogP) is 3.65. The van der Waals surface area contributed by atoms with Crippen molar-refractivity contribution in [2.45, 2.75) is 31.8 Å². The van der Waals surface area contributed by atoms with E-state index in [1.54, 1.807) is 28.9 Å². The summed E-state index contributed by atoms with van der Waals surface area (Å²) in [5.74, 6) is 3.44. The van der Waals surface area contributed by atoms with Crippen LogP contribution in [-0.4, -0.2) is 76.5 Å². The van der Waals surface area contributed by atoms with Gasteiger partial charge in [0.15, 0.2) is 5.65 Å². The molecule has 0 spiro atoms. The van der Waals surface area contributed by atoms with Crippen LogP contribution in [0.3, 0.4) is 0 Å². The van der Waals surface area contributed by atoms with Gasteiger partial charge < -0.3 is 25.0 Å². The van der Waals surface area contributed by atoms with Crippen LogP contribution in [0.5, 0.6) is 11.6 Å². The number of terminal acetylenes is 1.